The van der Waals surface area contributed by atoms with Gasteiger partial charge in [0.1, 0.15) is 24.4 Å². The fourth-order valence-corrected chi connectivity index (χ4v) is 2.56. The minimum absolute atomic E-state index is 0.0254. The van der Waals surface area contributed by atoms with Crippen molar-refractivity contribution < 1.29 is 43.9 Å². The van der Waals surface area contributed by atoms with Crippen LogP contribution in [0.25, 0.3) is 0 Å². The van der Waals surface area contributed by atoms with E-state index in [0.717, 1.165) is 0 Å². The monoisotopic (exact) mass is 378 g/mol. The van der Waals surface area contributed by atoms with Crippen LogP contribution in [0.1, 0.15) is 46.5 Å². The third kappa shape index (κ3) is 6.48. The van der Waals surface area contributed by atoms with E-state index in [1.54, 1.807) is 20.8 Å². The second kappa shape index (κ2) is 10.8. The molecule has 1 fully saturated rings. The molecule has 0 radical (unpaired) electrons. The van der Waals surface area contributed by atoms with Gasteiger partial charge in [0.25, 0.3) is 0 Å². The second-order valence-electron chi connectivity index (χ2n) is 6.35. The van der Waals surface area contributed by atoms with E-state index in [2.05, 4.69) is 4.74 Å². The van der Waals surface area contributed by atoms with Gasteiger partial charge >= 0.3 is 11.9 Å². The quantitative estimate of drug-likeness (QED) is 0.470. The normalized spacial score (nSPS) is 31.1. The molecule has 7 atom stereocenters. The van der Waals surface area contributed by atoms with Crippen molar-refractivity contribution in [1.82, 2.24) is 0 Å². The number of methoxy groups -OCH3 is 1. The summed E-state index contributed by atoms with van der Waals surface area (Å²) in [4.78, 5) is 23.4. The first-order valence-electron chi connectivity index (χ1n) is 8.84. The van der Waals surface area contributed by atoms with Gasteiger partial charge in [-0.2, -0.15) is 0 Å². The Labute approximate surface area is 153 Å². The van der Waals surface area contributed by atoms with E-state index in [1.807, 2.05) is 0 Å². The molecule has 1 aliphatic rings. The van der Waals surface area contributed by atoms with Crippen molar-refractivity contribution >= 4 is 11.9 Å². The van der Waals surface area contributed by atoms with Crippen LogP contribution in [0, 0.1) is 0 Å². The zero-order valence-corrected chi connectivity index (χ0v) is 15.7. The maximum Gasteiger partial charge on any atom is 0.309 e. The summed E-state index contributed by atoms with van der Waals surface area (Å²) in [6, 6.07) is 0. The van der Waals surface area contributed by atoms with Gasteiger partial charge in [-0.25, -0.2) is 0 Å². The van der Waals surface area contributed by atoms with E-state index in [4.69, 9.17) is 14.2 Å². The topological polar surface area (TPSA) is 132 Å². The van der Waals surface area contributed by atoms with E-state index >= 15 is 0 Å². The SMILES string of the molecule is CC[C@H](CC(=O)OC)OC(=O)C[C@@H](CC)O[C@@H]1OC(C)[C@H](O)[C@H](O)C1O. The lowest BCUT2D eigenvalue weighted by Crippen LogP contribution is -2.58. The van der Waals surface area contributed by atoms with Gasteiger partial charge in [-0.3, -0.25) is 9.59 Å². The fraction of sp³-hybridized carbons (Fsp3) is 0.882. The average Bonchev–Trinajstić information content (AvgIpc) is 2.62. The number of ether oxygens (including phenoxy) is 4. The molecule has 9 nitrogen and oxygen atoms in total. The third-order valence-corrected chi connectivity index (χ3v) is 4.36. The molecule has 9 heteroatoms. The highest BCUT2D eigenvalue weighted by Crippen LogP contribution is 2.24. The van der Waals surface area contributed by atoms with Gasteiger partial charge in [0, 0.05) is 0 Å². The molecular formula is C17H30O9. The van der Waals surface area contributed by atoms with Crippen LogP contribution in [-0.4, -0.2) is 77.3 Å². The summed E-state index contributed by atoms with van der Waals surface area (Å²) in [6.07, 6.45) is -6.40. The molecule has 0 aliphatic carbocycles. The maximum absolute atomic E-state index is 12.1. The summed E-state index contributed by atoms with van der Waals surface area (Å²) in [5.41, 5.74) is 0. The maximum atomic E-state index is 12.1. The molecule has 0 amide bonds. The highest BCUT2D eigenvalue weighted by molar-refractivity contribution is 5.72. The molecule has 0 bridgehead atoms. The van der Waals surface area contributed by atoms with Crippen molar-refractivity contribution in [3.8, 4) is 0 Å². The first-order valence-corrected chi connectivity index (χ1v) is 8.84. The van der Waals surface area contributed by atoms with E-state index < -0.39 is 54.9 Å². The smallest absolute Gasteiger partial charge is 0.309 e. The van der Waals surface area contributed by atoms with Gasteiger partial charge in [-0.15, -0.1) is 0 Å². The molecule has 0 saturated carbocycles. The molecule has 0 spiro atoms. The van der Waals surface area contributed by atoms with E-state index in [0.29, 0.717) is 12.8 Å². The largest absolute Gasteiger partial charge is 0.469 e. The van der Waals surface area contributed by atoms with Gasteiger partial charge in [0.05, 0.1) is 32.2 Å². The zero-order valence-electron chi connectivity index (χ0n) is 15.7. The Kier molecular flexibility index (Phi) is 9.45. The predicted molar refractivity (Wildman–Crippen MR) is 88.9 cm³/mol. The van der Waals surface area contributed by atoms with Crippen molar-refractivity contribution in [2.45, 2.75) is 89.4 Å². The van der Waals surface area contributed by atoms with Crippen LogP contribution < -0.4 is 0 Å². The highest BCUT2D eigenvalue weighted by Gasteiger charge is 2.43. The molecule has 1 heterocycles. The Morgan fingerprint density at radius 3 is 2.08 bits per heavy atom. The molecule has 1 rings (SSSR count). The van der Waals surface area contributed by atoms with Gasteiger partial charge in [0.15, 0.2) is 6.29 Å². The molecule has 26 heavy (non-hydrogen) atoms. The summed E-state index contributed by atoms with van der Waals surface area (Å²) in [6.45, 7) is 5.12. The minimum Gasteiger partial charge on any atom is -0.469 e. The van der Waals surface area contributed by atoms with Crippen LogP contribution >= 0.6 is 0 Å². The fourth-order valence-electron chi connectivity index (χ4n) is 2.56. The molecule has 0 aromatic heterocycles. The Morgan fingerprint density at radius 2 is 1.54 bits per heavy atom. The number of hydrogen-bond acceptors (Lipinski definition) is 9. The van der Waals surface area contributed by atoms with Gasteiger partial charge in [-0.1, -0.05) is 13.8 Å². The van der Waals surface area contributed by atoms with Gasteiger partial charge in [-0.05, 0) is 19.8 Å². The molecular weight excluding hydrogens is 348 g/mol. The highest BCUT2D eigenvalue weighted by atomic mass is 16.7. The summed E-state index contributed by atoms with van der Waals surface area (Å²) >= 11 is 0. The number of aliphatic hydroxyl groups is 3. The Bertz CT molecular complexity index is 456. The van der Waals surface area contributed by atoms with Crippen molar-refractivity contribution in [3.05, 3.63) is 0 Å². The summed E-state index contributed by atoms with van der Waals surface area (Å²) in [7, 11) is 1.26. The molecule has 3 N–H and O–H groups in total. The van der Waals surface area contributed by atoms with Crippen molar-refractivity contribution in [1.29, 1.82) is 0 Å². The minimum atomic E-state index is -1.44. The lowest BCUT2D eigenvalue weighted by atomic mass is 10.00. The molecule has 0 aromatic rings. The van der Waals surface area contributed by atoms with Crippen molar-refractivity contribution in [3.63, 3.8) is 0 Å². The van der Waals surface area contributed by atoms with Crippen LogP contribution in [0.3, 0.4) is 0 Å². The van der Waals surface area contributed by atoms with Crippen LogP contribution in [0.15, 0.2) is 0 Å². The zero-order chi connectivity index (χ0) is 19.9. The average molecular weight is 378 g/mol. The number of esters is 2. The number of carbonyl (C=O) groups excluding carboxylic acids is 2. The van der Waals surface area contributed by atoms with E-state index in [1.165, 1.54) is 7.11 Å². The second-order valence-corrected chi connectivity index (χ2v) is 6.35. The standard InChI is InChI=1S/C17H30O9/c1-5-10(7-12(18)23-4)25-13(19)8-11(6-2)26-17-16(22)15(21)14(20)9(3)24-17/h9-11,14-17,20-22H,5-8H2,1-4H3/t9?,10-,11-,14+,15+,16?,17+/m1/s1. The number of carbonyl (C=O) groups is 2. The predicted octanol–water partition coefficient (Wildman–Crippen LogP) is -0.116. The van der Waals surface area contributed by atoms with Gasteiger partial charge < -0.3 is 34.3 Å². The number of hydrogen-bond donors (Lipinski definition) is 3. The van der Waals surface area contributed by atoms with E-state index in [9.17, 15) is 24.9 Å². The van der Waals surface area contributed by atoms with Crippen LogP contribution in [-0.2, 0) is 28.5 Å². The van der Waals surface area contributed by atoms with Gasteiger partial charge in [0.2, 0.25) is 0 Å². The van der Waals surface area contributed by atoms with Crippen LogP contribution in [0.2, 0.25) is 0 Å². The molecule has 1 aliphatic heterocycles. The van der Waals surface area contributed by atoms with E-state index in [-0.39, 0.29) is 12.8 Å². The first-order chi connectivity index (χ1) is 12.2. The molecule has 1 saturated heterocycles. The first kappa shape index (κ1) is 22.8. The number of rotatable bonds is 9. The molecule has 0 aromatic carbocycles. The lowest BCUT2D eigenvalue weighted by molar-refractivity contribution is -0.304. The Hall–Kier alpha value is -1.26. The van der Waals surface area contributed by atoms with Crippen LogP contribution in [0.4, 0.5) is 0 Å². The van der Waals surface area contributed by atoms with Crippen LogP contribution in [0.5, 0.6) is 0 Å². The molecule has 152 valence electrons. The summed E-state index contributed by atoms with van der Waals surface area (Å²) in [5.74, 6) is -1.01. The third-order valence-electron chi connectivity index (χ3n) is 4.36. The lowest BCUT2D eigenvalue weighted by Gasteiger charge is -2.40. The Balaban J connectivity index is 2.57. The molecule has 2 unspecified atom stereocenters. The Morgan fingerprint density at radius 1 is 0.962 bits per heavy atom. The van der Waals surface area contributed by atoms with Crippen molar-refractivity contribution in [2.75, 3.05) is 7.11 Å². The summed E-state index contributed by atoms with van der Waals surface area (Å²) in [5, 5.41) is 29.5. The van der Waals surface area contributed by atoms with Crippen molar-refractivity contribution in [2.24, 2.45) is 0 Å². The summed E-state index contributed by atoms with van der Waals surface area (Å²) < 4.78 is 20.8. The number of aliphatic hydroxyl groups excluding tert-OH is 3.